The smallest absolute Gasteiger partial charge is 0.269 e. The molecule has 1 heterocycles. The Labute approximate surface area is 179 Å². The van der Waals surface area contributed by atoms with E-state index in [9.17, 15) is 22.8 Å². The highest BCUT2D eigenvalue weighted by molar-refractivity contribution is 7.90. The number of nitrogens with zero attached hydrogens (tertiary/aromatic N) is 2. The molecular formula is C20H20ClN3O5S. The average Bonchev–Trinajstić information content (AvgIpc) is 2.93. The number of rotatable bonds is 6. The van der Waals surface area contributed by atoms with Crippen molar-refractivity contribution in [1.29, 1.82) is 0 Å². The van der Waals surface area contributed by atoms with Crippen LogP contribution in [0, 0.1) is 0 Å². The van der Waals surface area contributed by atoms with E-state index in [1.807, 2.05) is 0 Å². The van der Waals surface area contributed by atoms with Crippen LogP contribution in [0.3, 0.4) is 0 Å². The van der Waals surface area contributed by atoms with Crippen LogP contribution in [-0.4, -0.2) is 55.0 Å². The third-order valence-corrected chi connectivity index (χ3v) is 7.06. The number of benzene rings is 2. The van der Waals surface area contributed by atoms with Crippen LogP contribution in [0.25, 0.3) is 0 Å². The summed E-state index contributed by atoms with van der Waals surface area (Å²) in [6.45, 7) is 0.770. The van der Waals surface area contributed by atoms with Crippen LogP contribution >= 0.6 is 11.6 Å². The summed E-state index contributed by atoms with van der Waals surface area (Å²) in [5.74, 6) is -1.91. The van der Waals surface area contributed by atoms with Crippen molar-refractivity contribution >= 4 is 39.3 Å². The molecule has 0 aliphatic carbocycles. The lowest BCUT2D eigenvalue weighted by Crippen LogP contribution is -2.50. The summed E-state index contributed by atoms with van der Waals surface area (Å²) in [5, 5.41) is 2.87. The molecule has 10 heteroatoms. The molecule has 2 aromatic carbocycles. The zero-order valence-electron chi connectivity index (χ0n) is 16.3. The Bertz CT molecular complexity index is 1120. The van der Waals surface area contributed by atoms with Gasteiger partial charge in [-0.2, -0.15) is 0 Å². The number of likely N-dealkylation sites (N-methyl/N-ethyl adjacent to an activating group) is 1. The molecule has 0 saturated carbocycles. The molecule has 2 aromatic rings. The van der Waals surface area contributed by atoms with Crippen molar-refractivity contribution in [3.8, 4) is 0 Å². The summed E-state index contributed by atoms with van der Waals surface area (Å²) in [5.41, 5.74) is 0.601. The Hall–Kier alpha value is -2.91. The molecule has 30 heavy (non-hydrogen) atoms. The maximum absolute atomic E-state index is 13.1. The van der Waals surface area contributed by atoms with Crippen LogP contribution in [0.15, 0.2) is 53.4 Å². The second-order valence-electron chi connectivity index (χ2n) is 6.72. The van der Waals surface area contributed by atoms with Crippen LogP contribution in [0.5, 0.6) is 0 Å². The lowest BCUT2D eigenvalue weighted by molar-refractivity contribution is -0.140. The molecule has 0 radical (unpaired) electrons. The van der Waals surface area contributed by atoms with Gasteiger partial charge in [0.1, 0.15) is 17.5 Å². The molecule has 1 unspecified atom stereocenters. The fraction of sp³-hybridized carbons (Fsp3) is 0.250. The highest BCUT2D eigenvalue weighted by atomic mass is 35.5. The fourth-order valence-electron chi connectivity index (χ4n) is 3.20. The summed E-state index contributed by atoms with van der Waals surface area (Å²) >= 11 is 6.19. The van der Waals surface area contributed by atoms with Gasteiger partial charge in [0.05, 0.1) is 5.56 Å². The van der Waals surface area contributed by atoms with Crippen molar-refractivity contribution in [2.24, 2.45) is 0 Å². The van der Waals surface area contributed by atoms with E-state index in [0.717, 1.165) is 0 Å². The van der Waals surface area contributed by atoms with Gasteiger partial charge in [-0.05, 0) is 30.7 Å². The van der Waals surface area contributed by atoms with Gasteiger partial charge in [-0.15, -0.1) is 0 Å². The predicted octanol–water partition coefficient (Wildman–Crippen LogP) is 1.65. The molecule has 3 rings (SSSR count). The van der Waals surface area contributed by atoms with E-state index in [0.29, 0.717) is 14.9 Å². The predicted molar refractivity (Wildman–Crippen MR) is 110 cm³/mol. The molecule has 0 spiro atoms. The van der Waals surface area contributed by atoms with Gasteiger partial charge in [0.2, 0.25) is 11.8 Å². The van der Waals surface area contributed by atoms with Gasteiger partial charge in [-0.1, -0.05) is 41.9 Å². The summed E-state index contributed by atoms with van der Waals surface area (Å²) in [4.78, 5) is 39.0. The van der Waals surface area contributed by atoms with E-state index in [1.54, 1.807) is 30.3 Å². The van der Waals surface area contributed by atoms with Crippen molar-refractivity contribution in [2.45, 2.75) is 24.4 Å². The molecule has 1 atom stereocenters. The molecule has 1 N–H and O–H groups in total. The number of nitrogens with one attached hydrogen (secondary N) is 1. The Kier molecular flexibility index (Phi) is 6.14. The number of fused-ring (bicyclic) bond motifs is 1. The summed E-state index contributed by atoms with van der Waals surface area (Å²) in [6, 6.07) is 11.7. The Morgan fingerprint density at radius 1 is 1.13 bits per heavy atom. The SMILES string of the molecule is CNC(=O)C(C)N(Cc1ccccc1Cl)C(=O)CN1C(=O)c2ccccc2S1(=O)=O. The van der Waals surface area contributed by atoms with Crippen LogP contribution in [-0.2, 0) is 26.2 Å². The number of hydrogen-bond acceptors (Lipinski definition) is 5. The van der Waals surface area contributed by atoms with Gasteiger partial charge in [0.25, 0.3) is 15.9 Å². The normalized spacial score (nSPS) is 15.4. The molecule has 8 nitrogen and oxygen atoms in total. The van der Waals surface area contributed by atoms with E-state index in [-0.39, 0.29) is 17.0 Å². The van der Waals surface area contributed by atoms with Crippen molar-refractivity contribution in [2.75, 3.05) is 13.6 Å². The summed E-state index contributed by atoms with van der Waals surface area (Å²) in [6.07, 6.45) is 0. The van der Waals surface area contributed by atoms with Crippen LogP contribution < -0.4 is 5.32 Å². The van der Waals surface area contributed by atoms with Gasteiger partial charge in [-0.3, -0.25) is 14.4 Å². The number of carbonyl (C=O) groups excluding carboxylic acids is 3. The Morgan fingerprint density at radius 3 is 2.40 bits per heavy atom. The molecule has 0 saturated heterocycles. The number of halogens is 1. The van der Waals surface area contributed by atoms with Crippen molar-refractivity contribution in [3.05, 3.63) is 64.7 Å². The van der Waals surface area contributed by atoms with Gasteiger partial charge in [0.15, 0.2) is 0 Å². The topological polar surface area (TPSA) is 104 Å². The maximum atomic E-state index is 13.1. The second kappa shape index (κ2) is 8.45. The molecular weight excluding hydrogens is 430 g/mol. The van der Waals surface area contributed by atoms with E-state index >= 15 is 0 Å². The Balaban J connectivity index is 1.91. The van der Waals surface area contributed by atoms with E-state index in [2.05, 4.69) is 5.32 Å². The molecule has 0 bridgehead atoms. The lowest BCUT2D eigenvalue weighted by atomic mass is 10.1. The van der Waals surface area contributed by atoms with Gasteiger partial charge in [0, 0.05) is 18.6 Å². The quantitative estimate of drug-likeness (QED) is 0.722. The standard InChI is InChI=1S/C20H20ClN3O5S/c1-13(19(26)22-2)23(11-14-7-3-5-9-16(14)21)18(25)12-24-20(27)15-8-4-6-10-17(15)30(24,28)29/h3-10,13H,11-12H2,1-2H3,(H,22,26). The van der Waals surface area contributed by atoms with Crippen LogP contribution in [0.2, 0.25) is 5.02 Å². The lowest BCUT2D eigenvalue weighted by Gasteiger charge is -2.30. The maximum Gasteiger partial charge on any atom is 0.269 e. The number of hydrogen-bond donors (Lipinski definition) is 1. The first-order chi connectivity index (χ1) is 14.2. The first-order valence-electron chi connectivity index (χ1n) is 9.09. The van der Waals surface area contributed by atoms with Gasteiger partial charge < -0.3 is 10.2 Å². The third kappa shape index (κ3) is 3.90. The minimum absolute atomic E-state index is 0.0160. The van der Waals surface area contributed by atoms with E-state index in [1.165, 1.54) is 37.1 Å². The summed E-state index contributed by atoms with van der Waals surface area (Å²) in [7, 11) is -2.71. The molecule has 1 aliphatic rings. The largest absolute Gasteiger partial charge is 0.357 e. The minimum Gasteiger partial charge on any atom is -0.357 e. The molecule has 1 aliphatic heterocycles. The molecule has 158 valence electrons. The molecule has 3 amide bonds. The zero-order chi connectivity index (χ0) is 22.1. The molecule has 0 aromatic heterocycles. The monoisotopic (exact) mass is 449 g/mol. The van der Waals surface area contributed by atoms with Crippen LogP contribution in [0.4, 0.5) is 0 Å². The minimum atomic E-state index is -4.15. The first kappa shape index (κ1) is 21.8. The number of carbonyl (C=O) groups is 3. The highest BCUT2D eigenvalue weighted by Gasteiger charge is 2.43. The van der Waals surface area contributed by atoms with Crippen molar-refractivity contribution < 1.29 is 22.8 Å². The van der Waals surface area contributed by atoms with Crippen molar-refractivity contribution in [3.63, 3.8) is 0 Å². The third-order valence-electron chi connectivity index (χ3n) is 4.90. The van der Waals surface area contributed by atoms with Gasteiger partial charge in [-0.25, -0.2) is 12.7 Å². The number of sulfonamides is 1. The van der Waals surface area contributed by atoms with E-state index in [4.69, 9.17) is 11.6 Å². The van der Waals surface area contributed by atoms with Crippen LogP contribution in [0.1, 0.15) is 22.8 Å². The summed E-state index contributed by atoms with van der Waals surface area (Å²) < 4.78 is 26.1. The van der Waals surface area contributed by atoms with E-state index < -0.39 is 40.3 Å². The second-order valence-corrected chi connectivity index (χ2v) is 8.95. The molecule has 0 fully saturated rings. The zero-order valence-corrected chi connectivity index (χ0v) is 17.9. The van der Waals surface area contributed by atoms with Crippen molar-refractivity contribution in [1.82, 2.24) is 14.5 Å². The Morgan fingerprint density at radius 2 is 1.77 bits per heavy atom. The first-order valence-corrected chi connectivity index (χ1v) is 10.9. The highest BCUT2D eigenvalue weighted by Crippen LogP contribution is 2.30. The van der Waals surface area contributed by atoms with Gasteiger partial charge >= 0.3 is 0 Å². The number of amides is 3. The fourth-order valence-corrected chi connectivity index (χ4v) is 4.92. The average molecular weight is 450 g/mol.